The maximum Gasteiger partial charge on any atom is 0.430 e. The molecule has 1 heterocycles. The SMILES string of the molecule is Cc1ccc(C2=NNC(C(=O)Cc3ccc(Cl)cc3)(C(F)(F)F)S2)cc1. The monoisotopic (exact) mass is 398 g/mol. The summed E-state index contributed by atoms with van der Waals surface area (Å²) in [6.07, 6.45) is -5.19. The largest absolute Gasteiger partial charge is 0.430 e. The minimum atomic E-state index is -4.81. The Bertz CT molecular complexity index is 850. The van der Waals surface area contributed by atoms with E-state index in [1.165, 1.54) is 24.3 Å². The molecule has 0 aliphatic carbocycles. The van der Waals surface area contributed by atoms with E-state index in [4.69, 9.17) is 11.6 Å². The van der Waals surface area contributed by atoms with Crippen LogP contribution in [0, 0.1) is 6.92 Å². The number of Topliss-reactive ketones (excluding diaryl/α,β-unsaturated/α-hetero) is 1. The normalized spacial score (nSPS) is 19.8. The van der Waals surface area contributed by atoms with Crippen molar-refractivity contribution in [3.05, 3.63) is 70.2 Å². The van der Waals surface area contributed by atoms with Crippen molar-refractivity contribution in [3.63, 3.8) is 0 Å². The van der Waals surface area contributed by atoms with Crippen LogP contribution in [0.2, 0.25) is 5.02 Å². The summed E-state index contributed by atoms with van der Waals surface area (Å²) < 4.78 is 41.4. The third-order valence-electron chi connectivity index (χ3n) is 3.93. The van der Waals surface area contributed by atoms with Gasteiger partial charge in [0.15, 0.2) is 5.78 Å². The van der Waals surface area contributed by atoms with Gasteiger partial charge in [-0.3, -0.25) is 10.2 Å². The zero-order valence-electron chi connectivity index (χ0n) is 13.6. The molecule has 1 N–H and O–H groups in total. The minimum absolute atomic E-state index is 0.131. The van der Waals surface area contributed by atoms with Crippen molar-refractivity contribution in [2.75, 3.05) is 0 Å². The molecule has 1 aliphatic heterocycles. The molecule has 0 saturated heterocycles. The highest BCUT2D eigenvalue weighted by atomic mass is 35.5. The van der Waals surface area contributed by atoms with Crippen LogP contribution in [0.3, 0.4) is 0 Å². The van der Waals surface area contributed by atoms with Crippen LogP contribution in [-0.4, -0.2) is 21.9 Å². The second-order valence-electron chi connectivity index (χ2n) is 5.90. The maximum atomic E-state index is 13.8. The summed E-state index contributed by atoms with van der Waals surface area (Å²) in [7, 11) is 0. The highest BCUT2D eigenvalue weighted by molar-refractivity contribution is 8.16. The minimum Gasteiger partial charge on any atom is -0.295 e. The lowest BCUT2D eigenvalue weighted by molar-refractivity contribution is -0.174. The van der Waals surface area contributed by atoms with Crippen LogP contribution in [0.5, 0.6) is 0 Å². The Hall–Kier alpha value is -1.99. The van der Waals surface area contributed by atoms with E-state index >= 15 is 0 Å². The summed E-state index contributed by atoms with van der Waals surface area (Å²) in [5.41, 5.74) is 4.01. The van der Waals surface area contributed by atoms with E-state index in [2.05, 4.69) is 10.5 Å². The number of carbonyl (C=O) groups is 1. The van der Waals surface area contributed by atoms with E-state index in [1.54, 1.807) is 24.3 Å². The van der Waals surface area contributed by atoms with Gasteiger partial charge in [0, 0.05) is 17.0 Å². The van der Waals surface area contributed by atoms with Gasteiger partial charge >= 0.3 is 6.18 Å². The number of rotatable bonds is 4. The van der Waals surface area contributed by atoms with E-state index < -0.39 is 16.8 Å². The molecule has 3 nitrogen and oxygen atoms in total. The van der Waals surface area contributed by atoms with Crippen LogP contribution in [0.25, 0.3) is 0 Å². The van der Waals surface area contributed by atoms with Gasteiger partial charge in [-0.2, -0.15) is 18.3 Å². The fourth-order valence-electron chi connectivity index (χ4n) is 2.45. The van der Waals surface area contributed by atoms with E-state index in [1.807, 2.05) is 6.92 Å². The smallest absolute Gasteiger partial charge is 0.295 e. The number of nitrogens with zero attached hydrogens (tertiary/aromatic N) is 1. The van der Waals surface area contributed by atoms with Crippen LogP contribution in [0.4, 0.5) is 13.2 Å². The third-order valence-corrected chi connectivity index (χ3v) is 5.56. The average molecular weight is 399 g/mol. The van der Waals surface area contributed by atoms with Crippen LogP contribution in [0.15, 0.2) is 53.6 Å². The lowest BCUT2D eigenvalue weighted by Gasteiger charge is -2.28. The topological polar surface area (TPSA) is 41.5 Å². The fourth-order valence-corrected chi connectivity index (χ4v) is 3.60. The van der Waals surface area contributed by atoms with Crippen LogP contribution in [-0.2, 0) is 11.2 Å². The van der Waals surface area contributed by atoms with Gasteiger partial charge in [-0.25, -0.2) is 0 Å². The molecular formula is C18H14ClF3N2OS. The zero-order chi connectivity index (χ0) is 18.9. The molecule has 0 amide bonds. The molecule has 1 atom stereocenters. The van der Waals surface area contributed by atoms with E-state index in [0.29, 0.717) is 27.9 Å². The predicted octanol–water partition coefficient (Wildman–Crippen LogP) is 4.72. The molecule has 1 unspecified atom stereocenters. The first-order valence-electron chi connectivity index (χ1n) is 7.67. The summed E-state index contributed by atoms with van der Waals surface area (Å²) in [5.74, 6) is -1.01. The standard InChI is InChI=1S/C18H14ClF3N2OS/c1-11-2-6-13(7-3-11)16-23-24-17(26-16,18(20,21)22)15(25)10-12-4-8-14(19)9-5-12/h2-9,24H,10H2,1H3. The number of ketones is 1. The summed E-state index contributed by atoms with van der Waals surface area (Å²) in [6.45, 7) is 1.88. The van der Waals surface area contributed by atoms with Crippen molar-refractivity contribution in [1.82, 2.24) is 5.43 Å². The van der Waals surface area contributed by atoms with Gasteiger partial charge in [-0.15, -0.1) is 0 Å². The summed E-state index contributed by atoms with van der Waals surface area (Å²) >= 11 is 6.17. The number of halogens is 4. The number of benzene rings is 2. The van der Waals surface area contributed by atoms with Crippen molar-refractivity contribution < 1.29 is 18.0 Å². The number of alkyl halides is 3. The first-order valence-corrected chi connectivity index (χ1v) is 8.86. The van der Waals surface area contributed by atoms with Crippen LogP contribution >= 0.6 is 23.4 Å². The van der Waals surface area contributed by atoms with E-state index in [-0.39, 0.29) is 11.5 Å². The van der Waals surface area contributed by atoms with Crippen LogP contribution in [0.1, 0.15) is 16.7 Å². The Morgan fingerprint density at radius 2 is 1.77 bits per heavy atom. The first-order chi connectivity index (χ1) is 12.2. The second kappa shape index (κ2) is 6.96. The Kier molecular flexibility index (Phi) is 5.03. The molecule has 136 valence electrons. The molecule has 0 saturated carbocycles. The summed E-state index contributed by atoms with van der Waals surface area (Å²) in [6, 6.07) is 13.1. The van der Waals surface area contributed by atoms with Gasteiger partial charge in [0.25, 0.3) is 4.87 Å². The molecule has 26 heavy (non-hydrogen) atoms. The highest BCUT2D eigenvalue weighted by Gasteiger charge is 2.63. The molecule has 3 rings (SSSR count). The summed E-state index contributed by atoms with van der Waals surface area (Å²) in [5, 5.41) is 4.38. The summed E-state index contributed by atoms with van der Waals surface area (Å²) in [4.78, 5) is 9.79. The molecule has 0 fully saturated rings. The van der Waals surface area contributed by atoms with Crippen molar-refractivity contribution in [1.29, 1.82) is 0 Å². The van der Waals surface area contributed by atoms with Gasteiger partial charge in [0.1, 0.15) is 5.04 Å². The van der Waals surface area contributed by atoms with Crippen molar-refractivity contribution in [2.45, 2.75) is 24.4 Å². The molecular weight excluding hydrogens is 385 g/mol. The van der Waals surface area contributed by atoms with Crippen molar-refractivity contribution in [3.8, 4) is 0 Å². The zero-order valence-corrected chi connectivity index (χ0v) is 15.2. The van der Waals surface area contributed by atoms with E-state index in [9.17, 15) is 18.0 Å². The number of hydrogen-bond donors (Lipinski definition) is 1. The van der Waals surface area contributed by atoms with Crippen LogP contribution < -0.4 is 5.43 Å². The molecule has 0 radical (unpaired) electrons. The number of thioether (sulfide) groups is 1. The maximum absolute atomic E-state index is 13.8. The molecule has 0 spiro atoms. The molecule has 1 aliphatic rings. The quantitative estimate of drug-likeness (QED) is 0.810. The highest BCUT2D eigenvalue weighted by Crippen LogP contribution is 2.45. The van der Waals surface area contributed by atoms with Gasteiger partial charge in [0.2, 0.25) is 0 Å². The second-order valence-corrected chi connectivity index (χ2v) is 7.54. The van der Waals surface area contributed by atoms with Crippen molar-refractivity contribution in [2.24, 2.45) is 5.10 Å². The molecule has 2 aromatic rings. The number of hydrogen-bond acceptors (Lipinski definition) is 4. The molecule has 0 aromatic heterocycles. The molecule has 8 heteroatoms. The number of hydrazone groups is 1. The molecule has 0 bridgehead atoms. The first kappa shape index (κ1) is 18.8. The van der Waals surface area contributed by atoms with Gasteiger partial charge in [-0.05, 0) is 24.6 Å². The third kappa shape index (κ3) is 3.59. The van der Waals surface area contributed by atoms with Gasteiger partial charge < -0.3 is 0 Å². The Balaban J connectivity index is 1.86. The average Bonchev–Trinajstić information content (AvgIpc) is 3.04. The number of aryl methyl sites for hydroxylation is 1. The number of carbonyl (C=O) groups excluding carboxylic acids is 1. The Morgan fingerprint density at radius 3 is 2.35 bits per heavy atom. The van der Waals surface area contributed by atoms with Crippen molar-refractivity contribution >= 4 is 34.2 Å². The van der Waals surface area contributed by atoms with E-state index in [0.717, 1.165) is 5.56 Å². The van der Waals surface area contributed by atoms with Gasteiger partial charge in [-0.1, -0.05) is 65.3 Å². The molecule has 2 aromatic carbocycles. The Labute approximate surface area is 157 Å². The Morgan fingerprint density at radius 1 is 1.15 bits per heavy atom. The fraction of sp³-hybridized carbons (Fsp3) is 0.222. The lowest BCUT2D eigenvalue weighted by Crippen LogP contribution is -2.56. The predicted molar refractivity (Wildman–Crippen MR) is 97.4 cm³/mol. The van der Waals surface area contributed by atoms with Gasteiger partial charge in [0.05, 0.1) is 0 Å². The lowest BCUT2D eigenvalue weighted by atomic mass is 10.0. The number of nitrogens with one attached hydrogen (secondary N) is 1.